The van der Waals surface area contributed by atoms with E-state index in [9.17, 15) is 4.79 Å². The molecule has 0 aromatic carbocycles. The number of carbonyl (C=O) groups excluding carboxylic acids is 1. The quantitative estimate of drug-likeness (QED) is 0.564. The van der Waals surface area contributed by atoms with Crippen LogP contribution in [-0.4, -0.2) is 18.3 Å². The molecule has 0 aromatic heterocycles. The number of thioether (sulfide) groups is 1. The van der Waals surface area contributed by atoms with E-state index in [1.807, 2.05) is 6.26 Å². The highest BCUT2D eigenvalue weighted by Crippen LogP contribution is 2.00. The Morgan fingerprint density at radius 1 is 1.88 bits per heavy atom. The van der Waals surface area contributed by atoms with Gasteiger partial charge in [-0.05, 0) is 18.4 Å². The minimum absolute atomic E-state index is 0.444. The highest BCUT2D eigenvalue weighted by molar-refractivity contribution is 7.98. The minimum Gasteiger partial charge on any atom is -0.317 e. The number of nitrogens with two attached hydrogens (primary N) is 1. The van der Waals surface area contributed by atoms with Crippen LogP contribution in [-0.2, 0) is 4.79 Å². The van der Waals surface area contributed by atoms with Crippen molar-refractivity contribution in [2.24, 2.45) is 5.73 Å². The lowest BCUT2D eigenvalue weighted by molar-refractivity contribution is -0.106. The van der Waals surface area contributed by atoms with E-state index in [0.29, 0.717) is 18.7 Å². The normalized spacial score (nSPS) is 9.88. The Hall–Kier alpha value is -0.0200. The molecule has 2 nitrogen and oxygen atoms in total. The van der Waals surface area contributed by atoms with E-state index in [1.54, 1.807) is 11.8 Å². The Balaban J connectivity index is 2.98. The largest absolute Gasteiger partial charge is 0.317 e. The molecule has 0 aliphatic heterocycles. The molecule has 8 heavy (non-hydrogen) atoms. The SMILES string of the molecule is CSCC[C](N)C=O. The number of aldehydes is 1. The average molecular weight is 132 g/mol. The van der Waals surface area contributed by atoms with Crippen molar-refractivity contribution in [3.63, 3.8) is 0 Å². The van der Waals surface area contributed by atoms with Crippen molar-refractivity contribution in [1.29, 1.82) is 0 Å². The molecule has 0 spiro atoms. The van der Waals surface area contributed by atoms with Gasteiger partial charge >= 0.3 is 0 Å². The maximum atomic E-state index is 9.84. The standard InChI is InChI=1S/C5H10NOS/c1-8-3-2-5(6)4-7/h4H,2-3,6H2,1H3. The maximum absolute atomic E-state index is 9.84. The summed E-state index contributed by atoms with van der Waals surface area (Å²) in [6, 6.07) is 0.444. The molecule has 47 valence electrons. The summed E-state index contributed by atoms with van der Waals surface area (Å²) in [6.45, 7) is 0. The van der Waals surface area contributed by atoms with E-state index in [-0.39, 0.29) is 0 Å². The smallest absolute Gasteiger partial charge is 0.142 e. The Morgan fingerprint density at radius 3 is 2.88 bits per heavy atom. The lowest BCUT2D eigenvalue weighted by atomic mass is 10.3. The summed E-state index contributed by atoms with van der Waals surface area (Å²) in [6.07, 6.45) is 3.40. The molecule has 0 saturated carbocycles. The van der Waals surface area contributed by atoms with Gasteiger partial charge in [-0.3, -0.25) is 0 Å². The van der Waals surface area contributed by atoms with Gasteiger partial charge in [0.05, 0.1) is 6.04 Å². The number of hydrogen-bond acceptors (Lipinski definition) is 3. The zero-order chi connectivity index (χ0) is 6.41. The number of carbonyl (C=O) groups is 1. The summed E-state index contributed by atoms with van der Waals surface area (Å²) in [4.78, 5) is 9.84. The van der Waals surface area contributed by atoms with Crippen LogP contribution in [0.4, 0.5) is 0 Å². The first kappa shape index (κ1) is 7.98. The fraction of sp³-hybridized carbons (Fsp3) is 0.600. The van der Waals surface area contributed by atoms with E-state index in [0.717, 1.165) is 5.75 Å². The van der Waals surface area contributed by atoms with Crippen LogP contribution in [0.2, 0.25) is 0 Å². The van der Waals surface area contributed by atoms with Gasteiger partial charge in [0.15, 0.2) is 0 Å². The van der Waals surface area contributed by atoms with Crippen LogP contribution in [0.5, 0.6) is 0 Å². The third kappa shape index (κ3) is 4.15. The Labute approximate surface area is 53.8 Å². The van der Waals surface area contributed by atoms with E-state index in [4.69, 9.17) is 5.73 Å². The van der Waals surface area contributed by atoms with Crippen molar-refractivity contribution in [3.05, 3.63) is 6.04 Å². The van der Waals surface area contributed by atoms with Gasteiger partial charge in [0.2, 0.25) is 0 Å². The van der Waals surface area contributed by atoms with Gasteiger partial charge in [0, 0.05) is 0 Å². The second-order valence-electron chi connectivity index (χ2n) is 1.44. The maximum Gasteiger partial charge on any atom is 0.142 e. The molecule has 0 aliphatic carbocycles. The molecule has 0 heterocycles. The van der Waals surface area contributed by atoms with Gasteiger partial charge < -0.3 is 10.5 Å². The molecule has 0 aliphatic rings. The zero-order valence-electron chi connectivity index (χ0n) is 4.89. The van der Waals surface area contributed by atoms with Gasteiger partial charge in [-0.1, -0.05) is 0 Å². The van der Waals surface area contributed by atoms with Crippen LogP contribution in [0.25, 0.3) is 0 Å². The van der Waals surface area contributed by atoms with Crippen molar-refractivity contribution < 1.29 is 4.79 Å². The second-order valence-corrected chi connectivity index (χ2v) is 2.42. The van der Waals surface area contributed by atoms with Gasteiger partial charge in [0.25, 0.3) is 0 Å². The molecular formula is C5H10NOS. The summed E-state index contributed by atoms with van der Waals surface area (Å²) in [5.74, 6) is 0.935. The molecule has 0 unspecified atom stereocenters. The fourth-order valence-electron chi connectivity index (χ4n) is 0.279. The molecule has 3 heteroatoms. The lowest BCUT2D eigenvalue weighted by Crippen LogP contribution is -2.11. The van der Waals surface area contributed by atoms with Crippen LogP contribution >= 0.6 is 11.8 Å². The van der Waals surface area contributed by atoms with Crippen LogP contribution in [0, 0.1) is 6.04 Å². The summed E-state index contributed by atoms with van der Waals surface area (Å²) in [5.41, 5.74) is 5.19. The van der Waals surface area contributed by atoms with E-state index in [1.165, 1.54) is 0 Å². The van der Waals surface area contributed by atoms with Crippen molar-refractivity contribution >= 4 is 18.0 Å². The third-order valence-corrected chi connectivity index (χ3v) is 1.36. The second kappa shape index (κ2) is 5.12. The monoisotopic (exact) mass is 132 g/mol. The number of hydrogen-bond donors (Lipinski definition) is 1. The first-order valence-corrected chi connectivity index (χ1v) is 3.76. The zero-order valence-corrected chi connectivity index (χ0v) is 5.70. The molecule has 0 amide bonds. The predicted octanol–water partition coefficient (Wildman–Crippen LogP) is 0.429. The molecule has 0 atom stereocenters. The Morgan fingerprint density at radius 2 is 2.50 bits per heavy atom. The molecule has 1 radical (unpaired) electrons. The van der Waals surface area contributed by atoms with Crippen molar-refractivity contribution in [2.75, 3.05) is 12.0 Å². The molecule has 0 rings (SSSR count). The topological polar surface area (TPSA) is 43.1 Å². The average Bonchev–Trinajstić information content (AvgIpc) is 1.83. The van der Waals surface area contributed by atoms with E-state index < -0.39 is 0 Å². The molecule has 0 aromatic rings. The summed E-state index contributed by atoms with van der Waals surface area (Å²) in [5, 5.41) is 0. The van der Waals surface area contributed by atoms with Crippen LogP contribution < -0.4 is 5.73 Å². The van der Waals surface area contributed by atoms with Gasteiger partial charge in [0.1, 0.15) is 6.29 Å². The lowest BCUT2D eigenvalue weighted by Gasteiger charge is -1.97. The fourth-order valence-corrected chi connectivity index (χ4v) is 0.719. The summed E-state index contributed by atoms with van der Waals surface area (Å²) < 4.78 is 0. The van der Waals surface area contributed by atoms with Crippen molar-refractivity contribution in [2.45, 2.75) is 6.42 Å². The molecule has 0 bridgehead atoms. The highest BCUT2D eigenvalue weighted by Gasteiger charge is 1.97. The summed E-state index contributed by atoms with van der Waals surface area (Å²) in [7, 11) is 0. The highest BCUT2D eigenvalue weighted by atomic mass is 32.2. The van der Waals surface area contributed by atoms with E-state index in [2.05, 4.69) is 0 Å². The summed E-state index contributed by atoms with van der Waals surface area (Å²) >= 11 is 1.69. The molecular weight excluding hydrogens is 122 g/mol. The Kier molecular flexibility index (Phi) is 5.11. The Bertz CT molecular complexity index is 67.4. The van der Waals surface area contributed by atoms with Crippen molar-refractivity contribution in [3.8, 4) is 0 Å². The van der Waals surface area contributed by atoms with Gasteiger partial charge in [-0.2, -0.15) is 11.8 Å². The van der Waals surface area contributed by atoms with Gasteiger partial charge in [-0.25, -0.2) is 0 Å². The number of rotatable bonds is 4. The first-order valence-electron chi connectivity index (χ1n) is 2.36. The molecule has 0 fully saturated rings. The van der Waals surface area contributed by atoms with Crippen LogP contribution in [0.3, 0.4) is 0 Å². The van der Waals surface area contributed by atoms with Crippen LogP contribution in [0.1, 0.15) is 6.42 Å². The van der Waals surface area contributed by atoms with E-state index >= 15 is 0 Å². The molecule has 0 saturated heterocycles. The predicted molar refractivity (Wildman–Crippen MR) is 36.5 cm³/mol. The van der Waals surface area contributed by atoms with Crippen molar-refractivity contribution in [1.82, 2.24) is 0 Å². The first-order chi connectivity index (χ1) is 3.81. The third-order valence-electron chi connectivity index (χ3n) is 0.746. The minimum atomic E-state index is 0.444. The van der Waals surface area contributed by atoms with Crippen LogP contribution in [0.15, 0.2) is 0 Å². The van der Waals surface area contributed by atoms with Gasteiger partial charge in [-0.15, -0.1) is 0 Å². The molecule has 2 N–H and O–H groups in total.